The summed E-state index contributed by atoms with van der Waals surface area (Å²) in [6.45, 7) is 3.01. The topological polar surface area (TPSA) is 67.4 Å². The first-order valence-corrected chi connectivity index (χ1v) is 7.37. The second-order valence-electron chi connectivity index (χ2n) is 5.33. The number of carbonyl (C=O) groups is 2. The number of hydrogen-bond acceptors (Lipinski definition) is 4. The van der Waals surface area contributed by atoms with Crippen LogP contribution in [0.25, 0.3) is 0 Å². The van der Waals surface area contributed by atoms with Crippen LogP contribution in [0.15, 0.2) is 24.3 Å². The largest absolute Gasteiger partial charge is 0.465 e. The van der Waals surface area contributed by atoms with Gasteiger partial charge in [0.2, 0.25) is 5.91 Å². The molecule has 21 heavy (non-hydrogen) atoms. The number of amides is 1. The van der Waals surface area contributed by atoms with E-state index in [-0.39, 0.29) is 11.9 Å². The minimum absolute atomic E-state index is 0.0931. The zero-order valence-corrected chi connectivity index (χ0v) is 12.5. The summed E-state index contributed by atoms with van der Waals surface area (Å²) in [4.78, 5) is 24.1. The number of nitrogens with one attached hydrogen (secondary N) is 2. The number of anilines is 1. The molecule has 1 fully saturated rings. The van der Waals surface area contributed by atoms with Crippen molar-refractivity contribution in [2.75, 3.05) is 19.0 Å². The Balaban J connectivity index is 2.07. The molecule has 2 unspecified atom stereocenters. The molecule has 0 spiro atoms. The number of para-hydroxylation sites is 1. The normalized spacial score (nSPS) is 21.6. The van der Waals surface area contributed by atoms with Crippen LogP contribution in [-0.4, -0.2) is 31.6 Å². The molecular formula is C16H22N2O3. The molecule has 1 aliphatic rings. The Kier molecular flexibility index (Phi) is 5.33. The van der Waals surface area contributed by atoms with Crippen LogP contribution in [-0.2, 0) is 9.53 Å². The van der Waals surface area contributed by atoms with Gasteiger partial charge >= 0.3 is 5.97 Å². The van der Waals surface area contributed by atoms with Crippen LogP contribution < -0.4 is 10.6 Å². The Hall–Kier alpha value is -1.88. The van der Waals surface area contributed by atoms with Gasteiger partial charge in [0.25, 0.3) is 0 Å². The molecule has 1 aliphatic heterocycles. The highest BCUT2D eigenvalue weighted by atomic mass is 16.5. The molecule has 2 N–H and O–H groups in total. The lowest BCUT2D eigenvalue weighted by Gasteiger charge is -2.29. The highest BCUT2D eigenvalue weighted by Gasteiger charge is 2.26. The molecule has 2 atom stereocenters. The number of piperidine rings is 1. The van der Waals surface area contributed by atoms with Crippen LogP contribution >= 0.6 is 0 Å². The van der Waals surface area contributed by atoms with Crippen molar-refractivity contribution in [2.24, 2.45) is 5.92 Å². The zero-order valence-electron chi connectivity index (χ0n) is 12.5. The fourth-order valence-corrected chi connectivity index (χ4v) is 2.67. The van der Waals surface area contributed by atoms with Crippen molar-refractivity contribution >= 4 is 17.6 Å². The number of rotatable bonds is 4. The molecule has 0 bridgehead atoms. The average Bonchev–Trinajstić information content (AvgIpc) is 2.54. The molecule has 1 heterocycles. The van der Waals surface area contributed by atoms with Gasteiger partial charge < -0.3 is 15.4 Å². The van der Waals surface area contributed by atoms with Gasteiger partial charge in [-0.15, -0.1) is 0 Å². The summed E-state index contributed by atoms with van der Waals surface area (Å²) in [6, 6.07) is 6.68. The Morgan fingerprint density at radius 2 is 2.14 bits per heavy atom. The average molecular weight is 290 g/mol. The van der Waals surface area contributed by atoms with E-state index < -0.39 is 5.97 Å². The summed E-state index contributed by atoms with van der Waals surface area (Å²) >= 11 is 0. The fraction of sp³-hybridized carbons (Fsp3) is 0.500. The molecule has 0 radical (unpaired) electrons. The Morgan fingerprint density at radius 1 is 1.38 bits per heavy atom. The van der Waals surface area contributed by atoms with Gasteiger partial charge in [-0.3, -0.25) is 4.79 Å². The molecule has 1 saturated heterocycles. The van der Waals surface area contributed by atoms with Crippen LogP contribution in [0, 0.1) is 5.92 Å². The third-order valence-corrected chi connectivity index (χ3v) is 4.00. The molecule has 0 aromatic heterocycles. The first-order valence-electron chi connectivity index (χ1n) is 7.37. The molecule has 1 amide bonds. The Bertz CT molecular complexity index is 516. The van der Waals surface area contributed by atoms with E-state index in [1.807, 2.05) is 0 Å². The van der Waals surface area contributed by atoms with Gasteiger partial charge in [0.1, 0.15) is 0 Å². The summed E-state index contributed by atoms with van der Waals surface area (Å²) in [5, 5.41) is 6.08. The maximum absolute atomic E-state index is 12.4. The number of methoxy groups -OCH3 is 1. The highest BCUT2D eigenvalue weighted by Crippen LogP contribution is 2.21. The van der Waals surface area contributed by atoms with Crippen molar-refractivity contribution in [3.63, 3.8) is 0 Å². The zero-order chi connectivity index (χ0) is 15.2. The number of esters is 1. The van der Waals surface area contributed by atoms with Gasteiger partial charge in [-0.05, 0) is 37.4 Å². The monoisotopic (exact) mass is 290 g/mol. The SMILES string of the molecule is CCC1CCNC(C(=O)Nc2ccccc2C(=O)OC)C1. The van der Waals surface area contributed by atoms with Crippen molar-refractivity contribution < 1.29 is 14.3 Å². The van der Waals surface area contributed by atoms with Crippen LogP contribution in [0.2, 0.25) is 0 Å². The summed E-state index contributed by atoms with van der Waals surface area (Å²) in [5.74, 6) is 0.0382. The first kappa shape index (κ1) is 15.5. The quantitative estimate of drug-likeness (QED) is 0.834. The van der Waals surface area contributed by atoms with Crippen molar-refractivity contribution in [3.8, 4) is 0 Å². The number of hydrogen-bond donors (Lipinski definition) is 2. The lowest BCUT2D eigenvalue weighted by Crippen LogP contribution is -2.46. The summed E-state index contributed by atoms with van der Waals surface area (Å²) in [7, 11) is 1.33. The minimum atomic E-state index is -0.450. The van der Waals surface area contributed by atoms with Crippen molar-refractivity contribution in [1.82, 2.24) is 5.32 Å². The van der Waals surface area contributed by atoms with Crippen LogP contribution in [0.5, 0.6) is 0 Å². The van der Waals surface area contributed by atoms with Crippen LogP contribution in [0.4, 0.5) is 5.69 Å². The molecular weight excluding hydrogens is 268 g/mol. The van der Waals surface area contributed by atoms with E-state index in [0.717, 1.165) is 25.8 Å². The van der Waals surface area contributed by atoms with E-state index in [2.05, 4.69) is 17.6 Å². The molecule has 0 aliphatic carbocycles. The van der Waals surface area contributed by atoms with Gasteiger partial charge in [-0.1, -0.05) is 25.5 Å². The second-order valence-corrected chi connectivity index (χ2v) is 5.33. The lowest BCUT2D eigenvalue weighted by molar-refractivity contribution is -0.119. The third kappa shape index (κ3) is 3.82. The van der Waals surface area contributed by atoms with E-state index in [0.29, 0.717) is 17.2 Å². The van der Waals surface area contributed by atoms with Gasteiger partial charge in [-0.2, -0.15) is 0 Å². The van der Waals surface area contributed by atoms with Gasteiger partial charge in [0, 0.05) is 0 Å². The highest BCUT2D eigenvalue weighted by molar-refractivity contribution is 6.02. The van der Waals surface area contributed by atoms with Gasteiger partial charge in [0.05, 0.1) is 24.4 Å². The summed E-state index contributed by atoms with van der Waals surface area (Å²) < 4.78 is 4.73. The maximum atomic E-state index is 12.4. The first-order chi connectivity index (χ1) is 10.2. The molecule has 5 heteroatoms. The smallest absolute Gasteiger partial charge is 0.339 e. The lowest BCUT2D eigenvalue weighted by atomic mass is 9.90. The minimum Gasteiger partial charge on any atom is -0.465 e. The maximum Gasteiger partial charge on any atom is 0.339 e. The summed E-state index contributed by atoms with van der Waals surface area (Å²) in [5.41, 5.74) is 0.867. The van der Waals surface area contributed by atoms with Crippen molar-refractivity contribution in [3.05, 3.63) is 29.8 Å². The predicted octanol–water partition coefficient (Wildman–Crippen LogP) is 2.19. The predicted molar refractivity (Wildman–Crippen MR) is 81.2 cm³/mol. The van der Waals surface area contributed by atoms with Crippen molar-refractivity contribution in [2.45, 2.75) is 32.2 Å². The standard InChI is InChI=1S/C16H22N2O3/c1-3-11-8-9-17-14(10-11)15(19)18-13-7-5-4-6-12(13)16(20)21-2/h4-7,11,14,17H,3,8-10H2,1-2H3,(H,18,19). The third-order valence-electron chi connectivity index (χ3n) is 4.00. The van der Waals surface area contributed by atoms with E-state index >= 15 is 0 Å². The Labute approximate surface area is 125 Å². The molecule has 0 saturated carbocycles. The van der Waals surface area contributed by atoms with E-state index in [1.165, 1.54) is 7.11 Å². The number of ether oxygens (including phenoxy) is 1. The van der Waals surface area contributed by atoms with Crippen LogP contribution in [0.3, 0.4) is 0 Å². The number of benzene rings is 1. The molecule has 2 rings (SSSR count). The number of carbonyl (C=O) groups excluding carboxylic acids is 2. The van der Waals surface area contributed by atoms with E-state index in [1.54, 1.807) is 24.3 Å². The summed E-state index contributed by atoms with van der Waals surface area (Å²) in [6.07, 6.45) is 3.03. The molecule has 1 aromatic carbocycles. The van der Waals surface area contributed by atoms with Crippen LogP contribution in [0.1, 0.15) is 36.5 Å². The van der Waals surface area contributed by atoms with Gasteiger partial charge in [0.15, 0.2) is 0 Å². The second kappa shape index (κ2) is 7.22. The van der Waals surface area contributed by atoms with E-state index in [4.69, 9.17) is 4.74 Å². The van der Waals surface area contributed by atoms with Gasteiger partial charge in [-0.25, -0.2) is 4.79 Å². The Morgan fingerprint density at radius 3 is 2.86 bits per heavy atom. The molecule has 5 nitrogen and oxygen atoms in total. The molecule has 1 aromatic rings. The van der Waals surface area contributed by atoms with Crippen molar-refractivity contribution in [1.29, 1.82) is 0 Å². The fourth-order valence-electron chi connectivity index (χ4n) is 2.67. The van der Waals surface area contributed by atoms with E-state index in [9.17, 15) is 9.59 Å². The molecule has 114 valence electrons.